The van der Waals surface area contributed by atoms with E-state index in [2.05, 4.69) is 20.2 Å². The molecule has 144 valence electrons. The van der Waals surface area contributed by atoms with Gasteiger partial charge in [0.15, 0.2) is 5.69 Å². The third-order valence-corrected chi connectivity index (χ3v) is 4.47. The van der Waals surface area contributed by atoms with Crippen molar-refractivity contribution in [1.29, 1.82) is 0 Å². The number of para-hydroxylation sites is 1. The van der Waals surface area contributed by atoms with E-state index in [1.165, 1.54) is 18.1 Å². The summed E-state index contributed by atoms with van der Waals surface area (Å²) in [5.74, 6) is 0.498. The van der Waals surface area contributed by atoms with Crippen LogP contribution in [0.5, 0.6) is 11.8 Å². The lowest BCUT2D eigenvalue weighted by atomic mass is 10.1. The Morgan fingerprint density at radius 1 is 1.14 bits per heavy atom. The Labute approximate surface area is 161 Å². The van der Waals surface area contributed by atoms with Crippen molar-refractivity contribution in [2.75, 3.05) is 20.2 Å². The highest BCUT2D eigenvalue weighted by Crippen LogP contribution is 2.24. The summed E-state index contributed by atoms with van der Waals surface area (Å²) in [7, 11) is 1.52. The highest BCUT2D eigenvalue weighted by molar-refractivity contribution is 5.92. The molecule has 1 saturated heterocycles. The van der Waals surface area contributed by atoms with E-state index >= 15 is 0 Å². The van der Waals surface area contributed by atoms with Crippen molar-refractivity contribution in [3.05, 3.63) is 54.6 Å². The summed E-state index contributed by atoms with van der Waals surface area (Å²) in [5.41, 5.74) is 1.11. The number of rotatable bonds is 5. The first-order valence-electron chi connectivity index (χ1n) is 9.03. The van der Waals surface area contributed by atoms with E-state index in [0.717, 1.165) is 18.5 Å². The summed E-state index contributed by atoms with van der Waals surface area (Å²) in [6.07, 6.45) is 6.04. The van der Waals surface area contributed by atoms with Crippen LogP contribution in [0.25, 0.3) is 5.69 Å². The molecule has 0 bridgehead atoms. The number of hydrogen-bond acceptors (Lipinski definition) is 7. The van der Waals surface area contributed by atoms with Gasteiger partial charge in [0.05, 0.1) is 25.5 Å². The molecule has 3 aromatic rings. The summed E-state index contributed by atoms with van der Waals surface area (Å²) in [6.45, 7) is 1.09. The van der Waals surface area contributed by atoms with Crippen LogP contribution in [0.3, 0.4) is 0 Å². The van der Waals surface area contributed by atoms with Crippen LogP contribution in [0, 0.1) is 0 Å². The van der Waals surface area contributed by atoms with E-state index in [4.69, 9.17) is 9.47 Å². The first-order chi connectivity index (χ1) is 13.7. The van der Waals surface area contributed by atoms with Gasteiger partial charge in [0.2, 0.25) is 0 Å². The number of aromatic nitrogens is 5. The second-order valence-corrected chi connectivity index (χ2v) is 6.36. The van der Waals surface area contributed by atoms with Crippen LogP contribution < -0.4 is 9.47 Å². The smallest absolute Gasteiger partial charge is 0.278 e. The number of hydrogen-bond donors (Lipinski definition) is 0. The number of likely N-dealkylation sites (tertiary alicyclic amines) is 1. The van der Waals surface area contributed by atoms with Gasteiger partial charge in [-0.2, -0.15) is 9.90 Å². The Morgan fingerprint density at radius 2 is 1.93 bits per heavy atom. The van der Waals surface area contributed by atoms with Crippen molar-refractivity contribution in [2.24, 2.45) is 0 Å². The first-order valence-corrected chi connectivity index (χ1v) is 9.03. The van der Waals surface area contributed by atoms with Crippen LogP contribution in [0.1, 0.15) is 23.3 Å². The summed E-state index contributed by atoms with van der Waals surface area (Å²) < 4.78 is 11.1. The zero-order chi connectivity index (χ0) is 19.3. The second kappa shape index (κ2) is 8.03. The molecule has 1 aromatic carbocycles. The molecule has 1 fully saturated rings. The lowest BCUT2D eigenvalue weighted by Crippen LogP contribution is -2.44. The van der Waals surface area contributed by atoms with Crippen molar-refractivity contribution < 1.29 is 14.3 Å². The normalized spacial score (nSPS) is 16.6. The van der Waals surface area contributed by atoms with Crippen molar-refractivity contribution >= 4 is 5.91 Å². The first kappa shape index (κ1) is 17.9. The van der Waals surface area contributed by atoms with E-state index in [1.54, 1.807) is 17.3 Å². The van der Waals surface area contributed by atoms with Crippen LogP contribution in [0.2, 0.25) is 0 Å². The number of ether oxygens (including phenoxy) is 2. The molecule has 1 aliphatic heterocycles. The molecular weight excluding hydrogens is 360 g/mol. The topological polar surface area (TPSA) is 95.3 Å². The molecule has 9 nitrogen and oxygen atoms in total. The fourth-order valence-corrected chi connectivity index (χ4v) is 3.12. The summed E-state index contributed by atoms with van der Waals surface area (Å²) >= 11 is 0. The van der Waals surface area contributed by atoms with Crippen molar-refractivity contribution in [1.82, 2.24) is 29.9 Å². The Balaban J connectivity index is 1.44. The van der Waals surface area contributed by atoms with Gasteiger partial charge in [0, 0.05) is 18.9 Å². The molecule has 9 heteroatoms. The zero-order valence-corrected chi connectivity index (χ0v) is 15.4. The van der Waals surface area contributed by atoms with Gasteiger partial charge in [0.1, 0.15) is 6.10 Å². The van der Waals surface area contributed by atoms with Crippen LogP contribution in [0.4, 0.5) is 0 Å². The van der Waals surface area contributed by atoms with E-state index in [0.29, 0.717) is 30.5 Å². The van der Waals surface area contributed by atoms with Crippen LogP contribution in [-0.2, 0) is 0 Å². The molecule has 1 atom stereocenters. The van der Waals surface area contributed by atoms with Crippen LogP contribution in [0.15, 0.2) is 48.9 Å². The van der Waals surface area contributed by atoms with Crippen LogP contribution in [-0.4, -0.2) is 62.1 Å². The Morgan fingerprint density at radius 3 is 2.71 bits per heavy atom. The van der Waals surface area contributed by atoms with Gasteiger partial charge in [-0.25, -0.2) is 9.97 Å². The standard InChI is InChI=1S/C19H20N6O3/c1-27-17-18(21-10-9-20-17)28-15-8-5-11-24(13-15)19(26)16-12-22-25(23-16)14-6-3-2-4-7-14/h2-4,6-7,9-10,12,15H,5,8,11,13H2,1H3. The molecule has 4 rings (SSSR count). The molecule has 0 saturated carbocycles. The molecule has 2 aromatic heterocycles. The molecule has 0 N–H and O–H groups in total. The SMILES string of the molecule is COc1nccnc1OC1CCCN(C(=O)c2cnn(-c3ccccc3)n2)C1. The summed E-state index contributed by atoms with van der Waals surface area (Å²) in [6, 6.07) is 9.47. The molecule has 0 radical (unpaired) electrons. The summed E-state index contributed by atoms with van der Waals surface area (Å²) in [4.78, 5) is 24.3. The molecule has 1 aliphatic rings. The fraction of sp³-hybridized carbons (Fsp3) is 0.316. The predicted octanol–water partition coefficient (Wildman–Crippen LogP) is 1.75. The lowest BCUT2D eigenvalue weighted by Gasteiger charge is -2.32. The van der Waals surface area contributed by atoms with E-state index in [-0.39, 0.29) is 12.0 Å². The Hall–Kier alpha value is -3.49. The minimum absolute atomic E-state index is 0.165. The van der Waals surface area contributed by atoms with Gasteiger partial charge in [-0.15, -0.1) is 5.10 Å². The highest BCUT2D eigenvalue weighted by Gasteiger charge is 2.28. The number of carbonyl (C=O) groups is 1. The third kappa shape index (κ3) is 3.78. The zero-order valence-electron chi connectivity index (χ0n) is 15.4. The number of methoxy groups -OCH3 is 1. The van der Waals surface area contributed by atoms with Gasteiger partial charge in [0.25, 0.3) is 17.7 Å². The Bertz CT molecular complexity index is 946. The number of nitrogens with zero attached hydrogens (tertiary/aromatic N) is 6. The lowest BCUT2D eigenvalue weighted by molar-refractivity contribution is 0.0514. The van der Waals surface area contributed by atoms with E-state index < -0.39 is 0 Å². The molecule has 3 heterocycles. The number of carbonyl (C=O) groups excluding carboxylic acids is 1. The van der Waals surface area contributed by atoms with Crippen LogP contribution >= 0.6 is 0 Å². The average molecular weight is 380 g/mol. The van der Waals surface area contributed by atoms with Gasteiger partial charge in [-0.1, -0.05) is 18.2 Å². The Kier molecular flexibility index (Phi) is 5.14. The maximum atomic E-state index is 12.9. The fourth-order valence-electron chi connectivity index (χ4n) is 3.12. The molecule has 1 amide bonds. The van der Waals surface area contributed by atoms with E-state index in [1.807, 2.05) is 30.3 Å². The largest absolute Gasteiger partial charge is 0.477 e. The average Bonchev–Trinajstić information content (AvgIpc) is 3.25. The maximum Gasteiger partial charge on any atom is 0.278 e. The minimum atomic E-state index is -0.188. The molecular formula is C19H20N6O3. The quantitative estimate of drug-likeness (QED) is 0.665. The van der Waals surface area contributed by atoms with Gasteiger partial charge < -0.3 is 14.4 Å². The van der Waals surface area contributed by atoms with Crippen molar-refractivity contribution in [3.63, 3.8) is 0 Å². The summed E-state index contributed by atoms with van der Waals surface area (Å²) in [5, 5.41) is 8.53. The predicted molar refractivity (Wildman–Crippen MR) is 99.5 cm³/mol. The number of benzene rings is 1. The second-order valence-electron chi connectivity index (χ2n) is 6.36. The maximum absolute atomic E-state index is 12.9. The molecule has 0 spiro atoms. The number of amides is 1. The van der Waals surface area contributed by atoms with Crippen molar-refractivity contribution in [3.8, 4) is 17.4 Å². The van der Waals surface area contributed by atoms with Crippen molar-refractivity contribution in [2.45, 2.75) is 18.9 Å². The molecule has 28 heavy (non-hydrogen) atoms. The van der Waals surface area contributed by atoms with Gasteiger partial charge >= 0.3 is 0 Å². The minimum Gasteiger partial charge on any atom is -0.477 e. The highest BCUT2D eigenvalue weighted by atomic mass is 16.5. The third-order valence-electron chi connectivity index (χ3n) is 4.47. The monoisotopic (exact) mass is 380 g/mol. The molecule has 1 unspecified atom stereocenters. The van der Waals surface area contributed by atoms with Gasteiger partial charge in [-0.3, -0.25) is 4.79 Å². The molecule has 0 aliphatic carbocycles. The number of piperidine rings is 1. The van der Waals surface area contributed by atoms with E-state index in [9.17, 15) is 4.79 Å². The van der Waals surface area contributed by atoms with Gasteiger partial charge in [-0.05, 0) is 25.0 Å².